The molecule has 0 aromatic carbocycles. The Hall–Kier alpha value is -0.930. The predicted molar refractivity (Wildman–Crippen MR) is 81.2 cm³/mol. The first-order valence-corrected chi connectivity index (χ1v) is 10.3. The molecule has 9 heteroatoms. The Morgan fingerprint density at radius 3 is 3.00 bits per heavy atom. The van der Waals surface area contributed by atoms with Crippen LogP contribution in [0.2, 0.25) is 0 Å². The van der Waals surface area contributed by atoms with Gasteiger partial charge in [0, 0.05) is 17.6 Å². The minimum atomic E-state index is -2.85. The molecule has 0 N–H and O–H groups in total. The Bertz CT molecular complexity index is 723. The molecule has 1 atom stereocenters. The molecule has 1 aliphatic rings. The molecule has 114 valence electrons. The fraction of sp³-hybridized carbons (Fsp3) is 0.583. The van der Waals surface area contributed by atoms with Gasteiger partial charge in [-0.2, -0.15) is 0 Å². The first-order valence-electron chi connectivity index (χ1n) is 6.57. The maximum atomic E-state index is 11.4. The largest absolute Gasteiger partial charge is 0.416 e. The van der Waals surface area contributed by atoms with E-state index < -0.39 is 9.84 Å². The molecule has 1 saturated heterocycles. The van der Waals surface area contributed by atoms with Crippen molar-refractivity contribution >= 4 is 32.9 Å². The summed E-state index contributed by atoms with van der Waals surface area (Å²) in [6.07, 6.45) is 1.23. The first-order chi connectivity index (χ1) is 10.00. The van der Waals surface area contributed by atoms with Crippen LogP contribution in [0.1, 0.15) is 23.0 Å². The van der Waals surface area contributed by atoms with Crippen LogP contribution in [0, 0.1) is 12.8 Å². The number of sulfone groups is 1. The number of thiazole rings is 1. The Morgan fingerprint density at radius 2 is 2.33 bits per heavy atom. The van der Waals surface area contributed by atoms with Crippen LogP contribution in [-0.2, 0) is 22.0 Å². The third kappa shape index (κ3) is 4.04. The molecule has 0 unspecified atom stereocenters. The van der Waals surface area contributed by atoms with Crippen LogP contribution in [0.5, 0.6) is 0 Å². The van der Waals surface area contributed by atoms with Gasteiger partial charge in [0.25, 0.3) is 5.22 Å². The lowest BCUT2D eigenvalue weighted by Crippen LogP contribution is -2.07. The molecule has 21 heavy (non-hydrogen) atoms. The molecule has 2 aromatic heterocycles. The highest BCUT2D eigenvalue weighted by Crippen LogP contribution is 2.25. The van der Waals surface area contributed by atoms with Gasteiger partial charge >= 0.3 is 0 Å². The van der Waals surface area contributed by atoms with Crippen LogP contribution in [0.25, 0.3) is 0 Å². The average Bonchev–Trinajstić information content (AvgIpc) is 3.09. The lowest BCUT2D eigenvalue weighted by molar-refractivity contribution is 0.389. The number of nitrogens with zero attached hydrogens (tertiary/aromatic N) is 3. The fourth-order valence-electron chi connectivity index (χ4n) is 2.27. The van der Waals surface area contributed by atoms with E-state index in [1.54, 1.807) is 11.3 Å². The zero-order valence-electron chi connectivity index (χ0n) is 11.5. The molecular weight excluding hydrogens is 330 g/mol. The molecule has 0 aliphatic carbocycles. The van der Waals surface area contributed by atoms with Crippen molar-refractivity contribution in [1.82, 2.24) is 15.2 Å². The van der Waals surface area contributed by atoms with Crippen molar-refractivity contribution in [3.8, 4) is 0 Å². The summed E-state index contributed by atoms with van der Waals surface area (Å²) in [5, 5.41) is 11.6. The van der Waals surface area contributed by atoms with Gasteiger partial charge in [0.05, 0.1) is 22.2 Å². The van der Waals surface area contributed by atoms with E-state index in [2.05, 4.69) is 15.2 Å². The molecule has 6 nitrogen and oxygen atoms in total. The van der Waals surface area contributed by atoms with Gasteiger partial charge < -0.3 is 4.42 Å². The molecular formula is C12H15N3O3S3. The van der Waals surface area contributed by atoms with Crippen molar-refractivity contribution in [3.05, 3.63) is 22.0 Å². The highest BCUT2D eigenvalue weighted by molar-refractivity contribution is 7.98. The third-order valence-electron chi connectivity index (χ3n) is 3.25. The van der Waals surface area contributed by atoms with Gasteiger partial charge in [-0.05, 0) is 19.3 Å². The Labute approximate surface area is 131 Å². The molecule has 1 fully saturated rings. The molecule has 1 aliphatic heterocycles. The van der Waals surface area contributed by atoms with E-state index in [9.17, 15) is 8.42 Å². The zero-order chi connectivity index (χ0) is 14.9. The van der Waals surface area contributed by atoms with Crippen molar-refractivity contribution in [2.75, 3.05) is 11.5 Å². The number of thioether (sulfide) groups is 1. The number of aromatic nitrogens is 3. The van der Waals surface area contributed by atoms with Crippen molar-refractivity contribution in [2.24, 2.45) is 5.92 Å². The van der Waals surface area contributed by atoms with Gasteiger partial charge in [-0.3, -0.25) is 0 Å². The highest BCUT2D eigenvalue weighted by Gasteiger charge is 2.29. The van der Waals surface area contributed by atoms with E-state index >= 15 is 0 Å². The summed E-state index contributed by atoms with van der Waals surface area (Å²) in [7, 11) is -2.85. The van der Waals surface area contributed by atoms with Crippen molar-refractivity contribution in [1.29, 1.82) is 0 Å². The molecule has 0 spiro atoms. The number of hydrogen-bond acceptors (Lipinski definition) is 8. The summed E-state index contributed by atoms with van der Waals surface area (Å²) in [4.78, 5) is 4.37. The standard InChI is InChI=1S/C12H15N3O3S3/c1-8-13-10(5-19-8)6-20-12-15-14-11(18-12)4-9-2-3-21(16,17)7-9/h5,9H,2-4,6-7H2,1H3/t9-/m1/s1. The van der Waals surface area contributed by atoms with Crippen LogP contribution >= 0.6 is 23.1 Å². The zero-order valence-corrected chi connectivity index (χ0v) is 13.9. The van der Waals surface area contributed by atoms with E-state index in [1.807, 2.05) is 12.3 Å². The third-order valence-corrected chi connectivity index (χ3v) is 6.76. The molecule has 0 radical (unpaired) electrons. The second kappa shape index (κ2) is 6.05. The van der Waals surface area contributed by atoms with Crippen LogP contribution in [0.15, 0.2) is 15.0 Å². The summed E-state index contributed by atoms with van der Waals surface area (Å²) < 4.78 is 28.4. The monoisotopic (exact) mass is 345 g/mol. The average molecular weight is 345 g/mol. The molecule has 2 aromatic rings. The Balaban J connectivity index is 1.54. The Morgan fingerprint density at radius 1 is 1.48 bits per heavy atom. The number of hydrogen-bond donors (Lipinski definition) is 0. The first kappa shape index (κ1) is 15.0. The lowest BCUT2D eigenvalue weighted by Gasteiger charge is -2.01. The SMILES string of the molecule is Cc1nc(CSc2nnc(C[C@H]3CCS(=O)(=O)C3)o2)cs1. The normalized spacial score (nSPS) is 20.9. The van der Waals surface area contributed by atoms with E-state index in [4.69, 9.17) is 4.42 Å². The quantitative estimate of drug-likeness (QED) is 0.767. The van der Waals surface area contributed by atoms with E-state index in [-0.39, 0.29) is 17.4 Å². The van der Waals surface area contributed by atoms with Crippen LogP contribution < -0.4 is 0 Å². The summed E-state index contributed by atoms with van der Waals surface area (Å²) in [5.41, 5.74) is 1.00. The minimum absolute atomic E-state index is 0.106. The predicted octanol–water partition coefficient (Wildman–Crippen LogP) is 2.10. The summed E-state index contributed by atoms with van der Waals surface area (Å²) in [6, 6.07) is 0. The highest BCUT2D eigenvalue weighted by atomic mass is 32.2. The van der Waals surface area contributed by atoms with Gasteiger partial charge in [0.1, 0.15) is 0 Å². The van der Waals surface area contributed by atoms with Gasteiger partial charge in [-0.25, -0.2) is 13.4 Å². The van der Waals surface area contributed by atoms with E-state index in [1.165, 1.54) is 11.8 Å². The van der Waals surface area contributed by atoms with Crippen LogP contribution in [0.3, 0.4) is 0 Å². The molecule has 0 saturated carbocycles. The summed E-state index contributed by atoms with van der Waals surface area (Å²) in [6.45, 7) is 1.97. The maximum absolute atomic E-state index is 11.4. The topological polar surface area (TPSA) is 86.0 Å². The van der Waals surface area contributed by atoms with E-state index in [0.717, 1.165) is 10.7 Å². The molecule has 0 amide bonds. The lowest BCUT2D eigenvalue weighted by atomic mass is 10.1. The number of aryl methyl sites for hydroxylation is 1. The smallest absolute Gasteiger partial charge is 0.276 e. The molecule has 3 rings (SSSR count). The maximum Gasteiger partial charge on any atom is 0.276 e. The molecule has 3 heterocycles. The minimum Gasteiger partial charge on any atom is -0.416 e. The Kier molecular flexibility index (Phi) is 4.32. The summed E-state index contributed by atoms with van der Waals surface area (Å²) in [5.74, 6) is 1.83. The fourth-order valence-corrected chi connectivity index (χ4v) is 5.52. The van der Waals surface area contributed by atoms with Crippen LogP contribution in [-0.4, -0.2) is 35.1 Å². The van der Waals surface area contributed by atoms with Gasteiger partial charge in [0.2, 0.25) is 5.89 Å². The second-order valence-corrected chi connectivity index (χ2v) is 9.30. The van der Waals surface area contributed by atoms with Gasteiger partial charge in [-0.15, -0.1) is 21.5 Å². The van der Waals surface area contributed by atoms with E-state index in [0.29, 0.717) is 29.7 Å². The van der Waals surface area contributed by atoms with Gasteiger partial charge in [0.15, 0.2) is 9.84 Å². The van der Waals surface area contributed by atoms with Crippen molar-refractivity contribution < 1.29 is 12.8 Å². The second-order valence-electron chi connectivity index (χ2n) is 5.08. The summed E-state index contributed by atoms with van der Waals surface area (Å²) >= 11 is 3.07. The molecule has 0 bridgehead atoms. The van der Waals surface area contributed by atoms with Crippen LogP contribution in [0.4, 0.5) is 0 Å². The van der Waals surface area contributed by atoms with Crippen molar-refractivity contribution in [2.45, 2.75) is 30.7 Å². The van der Waals surface area contributed by atoms with Crippen molar-refractivity contribution in [3.63, 3.8) is 0 Å². The van der Waals surface area contributed by atoms with Gasteiger partial charge in [-0.1, -0.05) is 11.8 Å². The number of rotatable bonds is 5.